The molecule has 1 aromatic heterocycles. The van der Waals surface area contributed by atoms with Crippen molar-refractivity contribution in [3.8, 4) is 0 Å². The van der Waals surface area contributed by atoms with Gasteiger partial charge < -0.3 is 15.4 Å². The van der Waals surface area contributed by atoms with E-state index in [-0.39, 0.29) is 11.9 Å². The fourth-order valence-corrected chi connectivity index (χ4v) is 1.87. The molecule has 0 amide bonds. The fourth-order valence-electron chi connectivity index (χ4n) is 1.56. The standard InChI is InChI=1S/C13H21BrN4O2/c1-5-6-15-13-16-7-9(14)11(18-13)17-10(8(2)3)12(19)20-4/h7-8,10H,5-6H2,1-4H3,(H2,15,16,17,18). The summed E-state index contributed by atoms with van der Waals surface area (Å²) < 4.78 is 5.51. The van der Waals surface area contributed by atoms with Gasteiger partial charge in [-0.15, -0.1) is 0 Å². The van der Waals surface area contributed by atoms with Gasteiger partial charge in [-0.25, -0.2) is 9.78 Å². The van der Waals surface area contributed by atoms with Crippen LogP contribution >= 0.6 is 15.9 Å². The Morgan fingerprint density at radius 1 is 1.50 bits per heavy atom. The van der Waals surface area contributed by atoms with Crippen molar-refractivity contribution in [2.24, 2.45) is 5.92 Å². The Kier molecular flexibility index (Phi) is 6.70. The lowest BCUT2D eigenvalue weighted by molar-refractivity contribution is -0.142. The van der Waals surface area contributed by atoms with E-state index in [0.717, 1.165) is 13.0 Å². The van der Waals surface area contributed by atoms with Gasteiger partial charge in [0.15, 0.2) is 0 Å². The molecule has 112 valence electrons. The van der Waals surface area contributed by atoms with Crippen LogP contribution in [0.15, 0.2) is 10.7 Å². The summed E-state index contributed by atoms with van der Waals surface area (Å²) in [6.45, 7) is 6.75. The van der Waals surface area contributed by atoms with E-state index in [9.17, 15) is 4.79 Å². The highest BCUT2D eigenvalue weighted by Crippen LogP contribution is 2.22. The van der Waals surface area contributed by atoms with E-state index in [1.54, 1.807) is 6.20 Å². The first-order chi connectivity index (χ1) is 9.49. The van der Waals surface area contributed by atoms with Gasteiger partial charge in [-0.05, 0) is 28.3 Å². The lowest BCUT2D eigenvalue weighted by Crippen LogP contribution is -2.36. The zero-order chi connectivity index (χ0) is 15.1. The molecular weight excluding hydrogens is 324 g/mol. The molecule has 1 atom stereocenters. The van der Waals surface area contributed by atoms with E-state index in [1.807, 2.05) is 13.8 Å². The molecule has 1 rings (SSSR count). The number of anilines is 2. The van der Waals surface area contributed by atoms with Gasteiger partial charge >= 0.3 is 5.97 Å². The summed E-state index contributed by atoms with van der Waals surface area (Å²) in [7, 11) is 1.38. The Morgan fingerprint density at radius 3 is 2.75 bits per heavy atom. The van der Waals surface area contributed by atoms with Crippen molar-refractivity contribution in [2.45, 2.75) is 33.2 Å². The molecule has 0 saturated carbocycles. The molecule has 1 unspecified atom stereocenters. The van der Waals surface area contributed by atoms with Gasteiger partial charge in [-0.1, -0.05) is 20.8 Å². The second kappa shape index (κ2) is 8.04. The van der Waals surface area contributed by atoms with Crippen LogP contribution in [0.3, 0.4) is 0 Å². The van der Waals surface area contributed by atoms with Crippen molar-refractivity contribution < 1.29 is 9.53 Å². The van der Waals surface area contributed by atoms with Crippen molar-refractivity contribution in [1.82, 2.24) is 9.97 Å². The van der Waals surface area contributed by atoms with Crippen molar-refractivity contribution in [2.75, 3.05) is 24.3 Å². The van der Waals surface area contributed by atoms with Gasteiger partial charge in [-0.2, -0.15) is 4.98 Å². The number of esters is 1. The second-order valence-electron chi connectivity index (χ2n) is 4.71. The Hall–Kier alpha value is -1.37. The number of methoxy groups -OCH3 is 1. The Balaban J connectivity index is 2.90. The van der Waals surface area contributed by atoms with Crippen LogP contribution in [0.5, 0.6) is 0 Å². The molecule has 0 spiro atoms. The van der Waals surface area contributed by atoms with Crippen LogP contribution in [0.1, 0.15) is 27.2 Å². The lowest BCUT2D eigenvalue weighted by Gasteiger charge is -2.21. The zero-order valence-electron chi connectivity index (χ0n) is 12.2. The van der Waals surface area contributed by atoms with E-state index in [1.165, 1.54) is 7.11 Å². The molecule has 0 aliphatic rings. The van der Waals surface area contributed by atoms with E-state index in [2.05, 4.69) is 43.5 Å². The second-order valence-corrected chi connectivity index (χ2v) is 5.56. The maximum Gasteiger partial charge on any atom is 0.328 e. The summed E-state index contributed by atoms with van der Waals surface area (Å²) in [5, 5.41) is 6.21. The third-order valence-electron chi connectivity index (χ3n) is 2.69. The third-order valence-corrected chi connectivity index (χ3v) is 3.27. The maximum atomic E-state index is 11.8. The third kappa shape index (κ3) is 4.63. The molecule has 0 bridgehead atoms. The predicted octanol–water partition coefficient (Wildman–Crippen LogP) is 2.67. The molecule has 1 aromatic rings. The Morgan fingerprint density at radius 2 is 2.20 bits per heavy atom. The van der Waals surface area contributed by atoms with Crippen molar-refractivity contribution in [1.29, 1.82) is 0 Å². The number of nitrogens with zero attached hydrogens (tertiary/aromatic N) is 2. The van der Waals surface area contributed by atoms with Gasteiger partial charge in [0, 0.05) is 12.7 Å². The molecule has 0 saturated heterocycles. The molecule has 0 aromatic carbocycles. The summed E-state index contributed by atoms with van der Waals surface area (Å²) in [5.74, 6) is 0.873. The van der Waals surface area contributed by atoms with Crippen molar-refractivity contribution in [3.63, 3.8) is 0 Å². The normalized spacial score (nSPS) is 12.1. The zero-order valence-corrected chi connectivity index (χ0v) is 13.8. The van der Waals surface area contributed by atoms with Crippen LogP contribution in [0.4, 0.5) is 11.8 Å². The van der Waals surface area contributed by atoms with Crippen LogP contribution in [0.25, 0.3) is 0 Å². The molecule has 1 heterocycles. The van der Waals surface area contributed by atoms with Gasteiger partial charge in [-0.3, -0.25) is 0 Å². The van der Waals surface area contributed by atoms with Gasteiger partial charge in [0.1, 0.15) is 11.9 Å². The highest BCUT2D eigenvalue weighted by molar-refractivity contribution is 9.10. The minimum atomic E-state index is -0.453. The van der Waals surface area contributed by atoms with Crippen LogP contribution in [0.2, 0.25) is 0 Å². The van der Waals surface area contributed by atoms with Crippen molar-refractivity contribution in [3.05, 3.63) is 10.7 Å². The van der Waals surface area contributed by atoms with Crippen LogP contribution < -0.4 is 10.6 Å². The molecule has 0 aliphatic heterocycles. The number of nitrogens with one attached hydrogen (secondary N) is 2. The largest absolute Gasteiger partial charge is 0.467 e. The first kappa shape index (κ1) is 16.7. The number of halogens is 1. The monoisotopic (exact) mass is 344 g/mol. The average molecular weight is 345 g/mol. The number of ether oxygens (including phenoxy) is 1. The Labute approximate surface area is 127 Å². The molecule has 0 fully saturated rings. The predicted molar refractivity (Wildman–Crippen MR) is 82.8 cm³/mol. The number of hydrogen-bond donors (Lipinski definition) is 2. The summed E-state index contributed by atoms with van der Waals surface area (Å²) in [6.07, 6.45) is 2.64. The highest BCUT2D eigenvalue weighted by atomic mass is 79.9. The number of aromatic nitrogens is 2. The molecule has 6 nitrogen and oxygen atoms in total. The number of carbonyl (C=O) groups excluding carboxylic acids is 1. The number of hydrogen-bond acceptors (Lipinski definition) is 6. The molecule has 20 heavy (non-hydrogen) atoms. The number of rotatable bonds is 7. The molecule has 0 aliphatic carbocycles. The lowest BCUT2D eigenvalue weighted by atomic mass is 10.0. The summed E-state index contributed by atoms with van der Waals surface area (Å²) in [5.41, 5.74) is 0. The highest BCUT2D eigenvalue weighted by Gasteiger charge is 2.24. The van der Waals surface area contributed by atoms with E-state index < -0.39 is 6.04 Å². The molecule has 0 radical (unpaired) electrons. The fraction of sp³-hybridized carbons (Fsp3) is 0.615. The van der Waals surface area contributed by atoms with Crippen LogP contribution in [-0.2, 0) is 9.53 Å². The van der Waals surface area contributed by atoms with Gasteiger partial charge in [0.25, 0.3) is 0 Å². The maximum absolute atomic E-state index is 11.8. The van der Waals surface area contributed by atoms with E-state index in [0.29, 0.717) is 16.2 Å². The summed E-state index contributed by atoms with van der Waals surface area (Å²) in [4.78, 5) is 20.3. The van der Waals surface area contributed by atoms with Gasteiger partial charge in [0.05, 0.1) is 11.6 Å². The summed E-state index contributed by atoms with van der Waals surface area (Å²) >= 11 is 3.38. The molecular formula is C13H21BrN4O2. The quantitative estimate of drug-likeness (QED) is 0.740. The van der Waals surface area contributed by atoms with Crippen LogP contribution in [0, 0.1) is 5.92 Å². The van der Waals surface area contributed by atoms with E-state index in [4.69, 9.17) is 4.74 Å². The minimum Gasteiger partial charge on any atom is -0.467 e. The number of carbonyl (C=O) groups is 1. The van der Waals surface area contributed by atoms with E-state index >= 15 is 0 Å². The Bertz CT molecular complexity index is 454. The molecule has 7 heteroatoms. The van der Waals surface area contributed by atoms with Gasteiger partial charge in [0.2, 0.25) is 5.95 Å². The minimum absolute atomic E-state index is 0.0800. The topological polar surface area (TPSA) is 76.1 Å². The first-order valence-electron chi connectivity index (χ1n) is 6.60. The first-order valence-corrected chi connectivity index (χ1v) is 7.39. The van der Waals surface area contributed by atoms with Crippen molar-refractivity contribution >= 4 is 33.7 Å². The SMILES string of the molecule is CCCNc1ncc(Br)c(NC(C(=O)OC)C(C)C)n1. The average Bonchev–Trinajstić information content (AvgIpc) is 2.43. The smallest absolute Gasteiger partial charge is 0.328 e. The molecule has 2 N–H and O–H groups in total. The summed E-state index contributed by atoms with van der Waals surface area (Å²) in [6, 6.07) is -0.453. The van der Waals surface area contributed by atoms with Crippen LogP contribution in [-0.4, -0.2) is 35.6 Å².